The molecular weight excluding hydrogens is 285 g/mol. The minimum atomic E-state index is -0.326. The molecule has 3 heterocycles. The maximum Gasteiger partial charge on any atom is 0.225 e. The zero-order chi connectivity index (χ0) is 15.4. The van der Waals surface area contributed by atoms with E-state index in [9.17, 15) is 9.18 Å². The van der Waals surface area contributed by atoms with Crippen molar-refractivity contribution < 1.29 is 13.9 Å². The Bertz CT molecular complexity index is 520. The summed E-state index contributed by atoms with van der Waals surface area (Å²) in [5.74, 6) is 0.00462. The number of nitrogens with one attached hydrogen (secondary N) is 1. The third kappa shape index (κ3) is 3.55. The molecule has 2 aliphatic heterocycles. The van der Waals surface area contributed by atoms with E-state index in [2.05, 4.69) is 10.3 Å². The van der Waals surface area contributed by atoms with Crippen LogP contribution in [0.1, 0.15) is 25.7 Å². The Kier molecular flexibility index (Phi) is 4.87. The number of halogens is 1. The lowest BCUT2D eigenvalue weighted by atomic mass is 9.96. The lowest BCUT2D eigenvalue weighted by molar-refractivity contribution is -0.126. The van der Waals surface area contributed by atoms with Crippen LogP contribution in [0.25, 0.3) is 0 Å². The zero-order valence-electron chi connectivity index (χ0n) is 12.6. The fourth-order valence-electron chi connectivity index (χ4n) is 3.15. The van der Waals surface area contributed by atoms with E-state index >= 15 is 0 Å². The average molecular weight is 307 g/mol. The summed E-state index contributed by atoms with van der Waals surface area (Å²) in [6.45, 7) is 2.69. The van der Waals surface area contributed by atoms with E-state index in [-0.39, 0.29) is 23.7 Å². The molecule has 3 rings (SSSR count). The van der Waals surface area contributed by atoms with Crippen molar-refractivity contribution in [1.29, 1.82) is 0 Å². The van der Waals surface area contributed by atoms with Gasteiger partial charge in [0.1, 0.15) is 0 Å². The van der Waals surface area contributed by atoms with Crippen LogP contribution in [0.3, 0.4) is 0 Å². The molecule has 1 amide bonds. The van der Waals surface area contributed by atoms with Crippen molar-refractivity contribution in [1.82, 2.24) is 10.3 Å². The van der Waals surface area contributed by atoms with Gasteiger partial charge < -0.3 is 15.0 Å². The number of pyridine rings is 1. The summed E-state index contributed by atoms with van der Waals surface area (Å²) in [7, 11) is 0. The first-order valence-corrected chi connectivity index (χ1v) is 7.97. The highest BCUT2D eigenvalue weighted by atomic mass is 19.1. The average Bonchev–Trinajstić information content (AvgIpc) is 2.56. The van der Waals surface area contributed by atoms with Gasteiger partial charge in [0.05, 0.1) is 5.92 Å². The summed E-state index contributed by atoms with van der Waals surface area (Å²) in [6.07, 6.45) is 5.06. The van der Waals surface area contributed by atoms with Gasteiger partial charge in [-0.05, 0) is 37.8 Å². The molecule has 0 aromatic carbocycles. The first-order chi connectivity index (χ1) is 10.7. The molecule has 5 nitrogen and oxygen atoms in total. The Balaban J connectivity index is 1.60. The zero-order valence-corrected chi connectivity index (χ0v) is 12.6. The highest BCUT2D eigenvalue weighted by Gasteiger charge is 2.29. The molecule has 6 heteroatoms. The molecule has 120 valence electrons. The Morgan fingerprint density at radius 3 is 2.95 bits per heavy atom. The first-order valence-electron chi connectivity index (χ1n) is 7.97. The molecule has 0 saturated carbocycles. The van der Waals surface area contributed by atoms with Gasteiger partial charge in [-0.15, -0.1) is 0 Å². The number of nitrogens with zero attached hydrogens (tertiary/aromatic N) is 2. The van der Waals surface area contributed by atoms with Gasteiger partial charge in [-0.2, -0.15) is 0 Å². The number of amides is 1. The third-order valence-electron chi connectivity index (χ3n) is 4.40. The molecule has 1 N–H and O–H groups in total. The Hall–Kier alpha value is -1.69. The maximum absolute atomic E-state index is 13.9. The fourth-order valence-corrected chi connectivity index (χ4v) is 3.15. The Morgan fingerprint density at radius 1 is 1.36 bits per heavy atom. The van der Waals surface area contributed by atoms with E-state index in [1.165, 1.54) is 6.07 Å². The van der Waals surface area contributed by atoms with Gasteiger partial charge in [-0.3, -0.25) is 4.79 Å². The molecule has 1 unspecified atom stereocenters. The second kappa shape index (κ2) is 7.05. The van der Waals surface area contributed by atoms with Crippen LogP contribution in [0.15, 0.2) is 18.3 Å². The van der Waals surface area contributed by atoms with Gasteiger partial charge in [0.25, 0.3) is 0 Å². The largest absolute Gasteiger partial charge is 0.381 e. The normalized spacial score (nSPS) is 23.3. The van der Waals surface area contributed by atoms with Gasteiger partial charge in [-0.25, -0.2) is 9.37 Å². The van der Waals surface area contributed by atoms with Gasteiger partial charge in [-0.1, -0.05) is 0 Å². The molecular formula is C16H22FN3O2. The van der Waals surface area contributed by atoms with Gasteiger partial charge in [0, 0.05) is 38.5 Å². The van der Waals surface area contributed by atoms with Crippen LogP contribution in [0.5, 0.6) is 0 Å². The summed E-state index contributed by atoms with van der Waals surface area (Å²) < 4.78 is 19.2. The predicted molar refractivity (Wildman–Crippen MR) is 81.1 cm³/mol. The molecule has 0 radical (unpaired) electrons. The molecule has 1 aromatic rings. The molecule has 22 heavy (non-hydrogen) atoms. The fraction of sp³-hybridized carbons (Fsp3) is 0.625. The predicted octanol–water partition coefficient (Wildman–Crippen LogP) is 1.73. The van der Waals surface area contributed by atoms with Crippen molar-refractivity contribution in [2.24, 2.45) is 5.92 Å². The standard InChI is InChI=1S/C16H22FN3O2/c17-14-4-1-7-18-15(14)20-8-2-3-12(11-20)16(21)19-13-5-9-22-10-6-13/h1,4,7,12-13H,2-3,5-6,8-11H2,(H,19,21). The molecule has 2 saturated heterocycles. The van der Waals surface area contributed by atoms with Crippen LogP contribution in [0, 0.1) is 11.7 Å². The van der Waals surface area contributed by atoms with E-state index in [4.69, 9.17) is 4.74 Å². The monoisotopic (exact) mass is 307 g/mol. The number of rotatable bonds is 3. The van der Waals surface area contributed by atoms with Crippen molar-refractivity contribution >= 4 is 11.7 Å². The summed E-state index contributed by atoms with van der Waals surface area (Å²) in [5.41, 5.74) is 0. The smallest absolute Gasteiger partial charge is 0.225 e. The second-order valence-corrected chi connectivity index (χ2v) is 5.99. The summed E-state index contributed by atoms with van der Waals surface area (Å²) >= 11 is 0. The first kappa shape index (κ1) is 15.2. The van der Waals surface area contributed by atoms with Gasteiger partial charge in [0.2, 0.25) is 5.91 Å². The van der Waals surface area contributed by atoms with Gasteiger partial charge >= 0.3 is 0 Å². The lowest BCUT2D eigenvalue weighted by Gasteiger charge is -2.34. The lowest BCUT2D eigenvalue weighted by Crippen LogP contribution is -2.47. The number of aromatic nitrogens is 1. The van der Waals surface area contributed by atoms with E-state index < -0.39 is 0 Å². The minimum absolute atomic E-state index is 0.0768. The molecule has 0 spiro atoms. The van der Waals surface area contributed by atoms with Crippen LogP contribution in [-0.4, -0.2) is 43.2 Å². The number of hydrogen-bond acceptors (Lipinski definition) is 4. The highest BCUT2D eigenvalue weighted by molar-refractivity contribution is 5.79. The minimum Gasteiger partial charge on any atom is -0.381 e. The van der Waals surface area contributed by atoms with Crippen molar-refractivity contribution in [3.05, 3.63) is 24.1 Å². The van der Waals surface area contributed by atoms with E-state index in [1.54, 1.807) is 12.3 Å². The number of piperidine rings is 1. The maximum atomic E-state index is 13.9. The summed E-state index contributed by atoms with van der Waals surface area (Å²) in [6, 6.07) is 3.20. The Morgan fingerprint density at radius 2 is 2.18 bits per heavy atom. The van der Waals surface area contributed by atoms with Crippen molar-refractivity contribution in [3.8, 4) is 0 Å². The number of hydrogen-bond donors (Lipinski definition) is 1. The van der Waals surface area contributed by atoms with Crippen LogP contribution >= 0.6 is 0 Å². The SMILES string of the molecule is O=C(NC1CCOCC1)C1CCCN(c2ncccc2F)C1. The van der Waals surface area contributed by atoms with E-state index in [1.807, 2.05) is 4.90 Å². The molecule has 0 bridgehead atoms. The van der Waals surface area contributed by atoms with Crippen LogP contribution in [0.4, 0.5) is 10.2 Å². The number of anilines is 1. The van der Waals surface area contributed by atoms with E-state index in [0.717, 1.165) is 32.2 Å². The second-order valence-electron chi connectivity index (χ2n) is 5.99. The molecule has 0 aliphatic carbocycles. The molecule has 1 aromatic heterocycles. The highest BCUT2D eigenvalue weighted by Crippen LogP contribution is 2.24. The number of ether oxygens (including phenoxy) is 1. The summed E-state index contributed by atoms with van der Waals surface area (Å²) in [5, 5.41) is 3.12. The number of carbonyl (C=O) groups is 1. The topological polar surface area (TPSA) is 54.5 Å². The quantitative estimate of drug-likeness (QED) is 0.924. The molecule has 2 fully saturated rings. The van der Waals surface area contributed by atoms with Crippen molar-refractivity contribution in [2.75, 3.05) is 31.2 Å². The summed E-state index contributed by atoms with van der Waals surface area (Å²) in [4.78, 5) is 18.4. The van der Waals surface area contributed by atoms with Crippen molar-refractivity contribution in [3.63, 3.8) is 0 Å². The molecule has 1 atom stereocenters. The van der Waals surface area contributed by atoms with Gasteiger partial charge in [0.15, 0.2) is 11.6 Å². The number of carbonyl (C=O) groups excluding carboxylic acids is 1. The van der Waals surface area contributed by atoms with E-state index in [0.29, 0.717) is 25.6 Å². The van der Waals surface area contributed by atoms with Crippen LogP contribution in [0.2, 0.25) is 0 Å². The third-order valence-corrected chi connectivity index (χ3v) is 4.40. The Labute approximate surface area is 129 Å². The van der Waals surface area contributed by atoms with Crippen molar-refractivity contribution in [2.45, 2.75) is 31.7 Å². The molecule has 2 aliphatic rings. The van der Waals surface area contributed by atoms with Crippen LogP contribution in [-0.2, 0) is 9.53 Å². The van der Waals surface area contributed by atoms with Crippen LogP contribution < -0.4 is 10.2 Å².